The van der Waals surface area contributed by atoms with Gasteiger partial charge in [-0.15, -0.1) is 0 Å². The zero-order valence-corrected chi connectivity index (χ0v) is 22.0. The molecule has 0 N–H and O–H groups in total. The second-order valence-electron chi connectivity index (χ2n) is 10.0. The van der Waals surface area contributed by atoms with Crippen LogP contribution < -0.4 is 0 Å². The van der Waals surface area contributed by atoms with E-state index in [0.717, 1.165) is 48.1 Å². The van der Waals surface area contributed by atoms with E-state index in [0.29, 0.717) is 26.2 Å². The lowest BCUT2D eigenvalue weighted by molar-refractivity contribution is 0.119. The fraction of sp³-hybridized carbons (Fsp3) is 0.481. The van der Waals surface area contributed by atoms with Gasteiger partial charge in [0.2, 0.25) is 10.0 Å². The molecule has 0 radical (unpaired) electrons. The minimum Gasteiger partial charge on any atom is -0.453 e. The van der Waals surface area contributed by atoms with Crippen molar-refractivity contribution in [3.8, 4) is 0 Å². The predicted octanol–water partition coefficient (Wildman–Crippen LogP) is 4.10. The summed E-state index contributed by atoms with van der Waals surface area (Å²) in [5.74, 6) is 1.19. The molecule has 3 aromatic rings. The summed E-state index contributed by atoms with van der Waals surface area (Å²) < 4.78 is 33.1. The normalized spacial score (nSPS) is 18.2. The van der Waals surface area contributed by atoms with E-state index in [-0.39, 0.29) is 18.1 Å². The fourth-order valence-electron chi connectivity index (χ4n) is 5.74. The molecule has 192 valence electrons. The third-order valence-electron chi connectivity index (χ3n) is 7.63. The van der Waals surface area contributed by atoms with Crippen molar-refractivity contribution in [2.45, 2.75) is 51.1 Å². The number of amides is 1. The van der Waals surface area contributed by atoms with Gasteiger partial charge < -0.3 is 14.2 Å². The number of methoxy groups -OCH3 is 1. The largest absolute Gasteiger partial charge is 0.453 e. The molecule has 2 aliphatic rings. The molecule has 0 unspecified atom stereocenters. The number of sulfonamides is 1. The van der Waals surface area contributed by atoms with Gasteiger partial charge in [-0.3, -0.25) is 0 Å². The monoisotopic (exact) mass is 510 g/mol. The summed E-state index contributed by atoms with van der Waals surface area (Å²) in [5.41, 5.74) is 5.59. The van der Waals surface area contributed by atoms with Crippen LogP contribution in [-0.2, 0) is 34.1 Å². The number of ether oxygens (including phenoxy) is 1. The molecule has 8 nitrogen and oxygen atoms in total. The Hall–Kier alpha value is -2.91. The zero-order valence-electron chi connectivity index (χ0n) is 21.2. The molecule has 0 spiro atoms. The molecule has 3 heterocycles. The van der Waals surface area contributed by atoms with E-state index >= 15 is 0 Å². The third-order valence-corrected chi connectivity index (χ3v) is 8.93. The lowest BCUT2D eigenvalue weighted by Gasteiger charge is -2.31. The average molecular weight is 511 g/mol. The number of piperidine rings is 1. The van der Waals surface area contributed by atoms with E-state index in [1.54, 1.807) is 9.21 Å². The van der Waals surface area contributed by atoms with Crippen molar-refractivity contribution in [3.63, 3.8) is 0 Å². The maximum atomic E-state index is 12.3. The highest BCUT2D eigenvalue weighted by Gasteiger charge is 2.32. The summed E-state index contributed by atoms with van der Waals surface area (Å²) in [4.78, 5) is 19.2. The van der Waals surface area contributed by atoms with Crippen LogP contribution in [0.2, 0.25) is 0 Å². The number of fused-ring (bicyclic) bond motifs is 3. The molecule has 1 saturated heterocycles. The number of rotatable bonds is 5. The Labute approximate surface area is 212 Å². The van der Waals surface area contributed by atoms with Crippen LogP contribution in [0, 0.1) is 0 Å². The number of aromatic nitrogens is 2. The molecule has 2 aliphatic heterocycles. The molecule has 0 bridgehead atoms. The van der Waals surface area contributed by atoms with Crippen molar-refractivity contribution in [1.82, 2.24) is 18.8 Å². The summed E-state index contributed by atoms with van der Waals surface area (Å²) in [6.45, 7) is 4.36. The van der Waals surface area contributed by atoms with Gasteiger partial charge in [-0.05, 0) is 49.8 Å². The van der Waals surface area contributed by atoms with Crippen LogP contribution in [0.1, 0.15) is 54.2 Å². The SMILES string of the molecule is COC(=O)N1CCc2ccc3c(nc(C4CCN(S(C)(=O)=O)CC4)n3[C@H](C)Cc3ccccc3)c2C1. The lowest BCUT2D eigenvalue weighted by atomic mass is 9.96. The minimum absolute atomic E-state index is 0.165. The first-order chi connectivity index (χ1) is 17.3. The first kappa shape index (κ1) is 24.8. The highest BCUT2D eigenvalue weighted by Crippen LogP contribution is 2.36. The highest BCUT2D eigenvalue weighted by atomic mass is 32.2. The Kier molecular flexibility index (Phi) is 6.78. The van der Waals surface area contributed by atoms with Crippen LogP contribution >= 0.6 is 0 Å². The molecule has 36 heavy (non-hydrogen) atoms. The highest BCUT2D eigenvalue weighted by molar-refractivity contribution is 7.88. The quantitative estimate of drug-likeness (QED) is 0.516. The van der Waals surface area contributed by atoms with Gasteiger partial charge in [0.25, 0.3) is 0 Å². The van der Waals surface area contributed by atoms with Crippen molar-refractivity contribution in [2.75, 3.05) is 33.0 Å². The Morgan fingerprint density at radius 1 is 1.11 bits per heavy atom. The van der Waals surface area contributed by atoms with E-state index < -0.39 is 10.0 Å². The van der Waals surface area contributed by atoms with E-state index in [1.165, 1.54) is 24.5 Å². The van der Waals surface area contributed by atoms with Crippen LogP contribution in [0.5, 0.6) is 0 Å². The molecule has 2 aromatic carbocycles. The first-order valence-corrected chi connectivity index (χ1v) is 14.5. The number of hydrogen-bond donors (Lipinski definition) is 0. The van der Waals surface area contributed by atoms with Gasteiger partial charge in [-0.25, -0.2) is 22.5 Å². The standard InChI is InChI=1S/C27H34N4O4S/c1-19(17-20-7-5-4-6-8-20)31-24-10-9-21-11-14-29(27(32)35-2)18-23(21)25(24)28-26(31)22-12-15-30(16-13-22)36(3,33)34/h4-10,19,22H,11-18H2,1-3H3/t19-/m1/s1. The fourth-order valence-corrected chi connectivity index (χ4v) is 6.62. The van der Waals surface area contributed by atoms with Crippen molar-refractivity contribution in [3.05, 3.63) is 65.0 Å². The second kappa shape index (κ2) is 9.86. The molecular weight excluding hydrogens is 476 g/mol. The second-order valence-corrected chi connectivity index (χ2v) is 12.0. The Bertz CT molecular complexity index is 1360. The molecule has 0 saturated carbocycles. The molecule has 9 heteroatoms. The van der Waals surface area contributed by atoms with Gasteiger partial charge in [0.15, 0.2) is 0 Å². The van der Waals surface area contributed by atoms with Gasteiger partial charge in [0, 0.05) is 37.2 Å². The number of nitrogens with zero attached hydrogens (tertiary/aromatic N) is 4. The Morgan fingerprint density at radius 2 is 1.83 bits per heavy atom. The Balaban J connectivity index is 1.56. The topological polar surface area (TPSA) is 84.7 Å². The van der Waals surface area contributed by atoms with E-state index in [4.69, 9.17) is 9.72 Å². The van der Waals surface area contributed by atoms with E-state index in [9.17, 15) is 13.2 Å². The molecule has 1 fully saturated rings. The maximum absolute atomic E-state index is 12.3. The number of hydrogen-bond acceptors (Lipinski definition) is 5. The zero-order chi connectivity index (χ0) is 25.4. The molecular formula is C27H34N4O4S. The number of carbonyl (C=O) groups excluding carboxylic acids is 1. The van der Waals surface area contributed by atoms with Crippen LogP contribution in [-0.4, -0.2) is 66.3 Å². The summed E-state index contributed by atoms with van der Waals surface area (Å²) in [6, 6.07) is 15.0. The van der Waals surface area contributed by atoms with Gasteiger partial charge in [0.1, 0.15) is 5.82 Å². The summed E-state index contributed by atoms with van der Waals surface area (Å²) in [5, 5.41) is 0. The average Bonchev–Trinajstić information content (AvgIpc) is 3.28. The maximum Gasteiger partial charge on any atom is 0.409 e. The van der Waals surface area contributed by atoms with Gasteiger partial charge in [-0.2, -0.15) is 0 Å². The first-order valence-electron chi connectivity index (χ1n) is 12.6. The smallest absolute Gasteiger partial charge is 0.409 e. The van der Waals surface area contributed by atoms with Crippen LogP contribution in [0.15, 0.2) is 42.5 Å². The van der Waals surface area contributed by atoms with Crippen molar-refractivity contribution < 1.29 is 17.9 Å². The molecule has 1 aromatic heterocycles. The number of benzene rings is 2. The van der Waals surface area contributed by atoms with Crippen molar-refractivity contribution >= 4 is 27.1 Å². The molecule has 1 amide bonds. The summed E-state index contributed by atoms with van der Waals surface area (Å²) in [6.07, 6.45) is 4.09. The third kappa shape index (κ3) is 4.74. The van der Waals surface area contributed by atoms with Gasteiger partial charge >= 0.3 is 6.09 Å². The lowest BCUT2D eigenvalue weighted by Crippen LogP contribution is -2.37. The predicted molar refractivity (Wildman–Crippen MR) is 140 cm³/mol. The molecule has 0 aliphatic carbocycles. The van der Waals surface area contributed by atoms with Crippen molar-refractivity contribution in [1.29, 1.82) is 0 Å². The summed E-state index contributed by atoms with van der Waals surface area (Å²) >= 11 is 0. The van der Waals surface area contributed by atoms with Gasteiger partial charge in [0.05, 0.1) is 30.9 Å². The van der Waals surface area contributed by atoms with Crippen LogP contribution in [0.4, 0.5) is 4.79 Å². The van der Waals surface area contributed by atoms with E-state index in [1.807, 2.05) is 6.07 Å². The molecule has 5 rings (SSSR count). The Morgan fingerprint density at radius 3 is 2.50 bits per heavy atom. The number of imidazole rings is 1. The van der Waals surface area contributed by atoms with Crippen LogP contribution in [0.3, 0.4) is 0 Å². The molecule has 1 atom stereocenters. The minimum atomic E-state index is -3.20. The van der Waals surface area contributed by atoms with Crippen LogP contribution in [0.25, 0.3) is 11.0 Å². The summed E-state index contributed by atoms with van der Waals surface area (Å²) in [7, 11) is -1.78. The van der Waals surface area contributed by atoms with Crippen molar-refractivity contribution in [2.24, 2.45) is 0 Å². The van der Waals surface area contributed by atoms with Gasteiger partial charge in [-0.1, -0.05) is 36.4 Å². The van der Waals surface area contributed by atoms with E-state index in [2.05, 4.69) is 47.9 Å². The number of carbonyl (C=O) groups is 1.